The van der Waals surface area contributed by atoms with Gasteiger partial charge in [-0.2, -0.15) is 0 Å². The van der Waals surface area contributed by atoms with Crippen molar-refractivity contribution in [2.24, 2.45) is 0 Å². The number of hydrogen-bond acceptors (Lipinski definition) is 3. The summed E-state index contributed by atoms with van der Waals surface area (Å²) in [5.41, 5.74) is 6.17. The molecule has 0 saturated heterocycles. The third-order valence-electron chi connectivity index (χ3n) is 5.73. The molecule has 1 aromatic rings. The second-order valence-corrected chi connectivity index (χ2v) is 7.72. The van der Waals surface area contributed by atoms with Gasteiger partial charge < -0.3 is 5.32 Å². The Morgan fingerprint density at radius 2 is 1.36 bits per heavy atom. The van der Waals surface area contributed by atoms with Crippen LogP contribution in [-0.4, -0.2) is 11.6 Å². The SMILES string of the molecule is CC(C)c1ccc(C2C3=C(CCCC3=O)NC3=C2C(=O)CCC3)cc1. The van der Waals surface area contributed by atoms with Gasteiger partial charge in [0, 0.05) is 41.3 Å². The van der Waals surface area contributed by atoms with Crippen molar-refractivity contribution in [2.45, 2.75) is 64.2 Å². The first kappa shape index (κ1) is 16.3. The largest absolute Gasteiger partial charge is 0.362 e. The van der Waals surface area contributed by atoms with Gasteiger partial charge in [-0.3, -0.25) is 9.59 Å². The van der Waals surface area contributed by atoms with Crippen LogP contribution in [0.15, 0.2) is 46.8 Å². The van der Waals surface area contributed by atoms with Crippen molar-refractivity contribution in [3.8, 4) is 0 Å². The molecular weight excluding hydrogens is 310 g/mol. The normalized spacial score (nSPS) is 21.4. The molecule has 4 rings (SSSR count). The summed E-state index contributed by atoms with van der Waals surface area (Å²) in [4.78, 5) is 25.5. The molecule has 0 atom stereocenters. The molecule has 0 saturated carbocycles. The van der Waals surface area contributed by atoms with Gasteiger partial charge >= 0.3 is 0 Å². The van der Waals surface area contributed by atoms with Crippen LogP contribution in [-0.2, 0) is 9.59 Å². The summed E-state index contributed by atoms with van der Waals surface area (Å²) in [6.07, 6.45) is 4.81. The highest BCUT2D eigenvalue weighted by molar-refractivity contribution is 6.06. The Morgan fingerprint density at radius 1 is 0.840 bits per heavy atom. The van der Waals surface area contributed by atoms with Crippen LogP contribution in [0.4, 0.5) is 0 Å². The molecule has 0 amide bonds. The van der Waals surface area contributed by atoms with Crippen molar-refractivity contribution in [2.75, 3.05) is 0 Å². The molecule has 0 fully saturated rings. The van der Waals surface area contributed by atoms with Crippen LogP contribution in [0.3, 0.4) is 0 Å². The molecule has 1 heterocycles. The molecule has 1 N–H and O–H groups in total. The zero-order valence-corrected chi connectivity index (χ0v) is 15.0. The maximum absolute atomic E-state index is 12.7. The number of allylic oxidation sites excluding steroid dienone is 4. The van der Waals surface area contributed by atoms with E-state index in [1.165, 1.54) is 5.56 Å². The van der Waals surface area contributed by atoms with Gasteiger partial charge in [-0.25, -0.2) is 0 Å². The predicted octanol–water partition coefficient (Wildman–Crippen LogP) is 4.51. The topological polar surface area (TPSA) is 46.2 Å². The highest BCUT2D eigenvalue weighted by Crippen LogP contribution is 2.45. The molecule has 0 bridgehead atoms. The lowest BCUT2D eigenvalue weighted by Crippen LogP contribution is -2.36. The number of hydrogen-bond donors (Lipinski definition) is 1. The van der Waals surface area contributed by atoms with Gasteiger partial charge in [0.1, 0.15) is 0 Å². The second kappa shape index (κ2) is 6.29. The summed E-state index contributed by atoms with van der Waals surface area (Å²) in [6.45, 7) is 4.35. The van der Waals surface area contributed by atoms with Gasteiger partial charge in [0.05, 0.1) is 0 Å². The van der Waals surface area contributed by atoms with E-state index in [4.69, 9.17) is 0 Å². The van der Waals surface area contributed by atoms with Crippen molar-refractivity contribution in [1.82, 2.24) is 5.32 Å². The predicted molar refractivity (Wildman–Crippen MR) is 98.2 cm³/mol. The van der Waals surface area contributed by atoms with Gasteiger partial charge in [0.2, 0.25) is 0 Å². The Bertz CT molecular complexity index is 754. The van der Waals surface area contributed by atoms with Crippen LogP contribution in [0, 0.1) is 0 Å². The minimum Gasteiger partial charge on any atom is -0.362 e. The highest BCUT2D eigenvalue weighted by atomic mass is 16.1. The first-order valence-electron chi connectivity index (χ1n) is 9.45. The smallest absolute Gasteiger partial charge is 0.161 e. The number of nitrogens with one attached hydrogen (secondary N) is 1. The van der Waals surface area contributed by atoms with Crippen molar-refractivity contribution >= 4 is 11.6 Å². The quantitative estimate of drug-likeness (QED) is 0.865. The summed E-state index contributed by atoms with van der Waals surface area (Å²) in [5.74, 6) is 0.709. The number of dihydropyridines is 1. The van der Waals surface area contributed by atoms with E-state index < -0.39 is 0 Å². The van der Waals surface area contributed by atoms with E-state index in [2.05, 4.69) is 43.4 Å². The van der Waals surface area contributed by atoms with Gasteiger partial charge in [-0.15, -0.1) is 0 Å². The Balaban J connectivity index is 1.85. The van der Waals surface area contributed by atoms with E-state index in [1.54, 1.807) is 0 Å². The van der Waals surface area contributed by atoms with E-state index in [1.807, 2.05) is 0 Å². The number of ketones is 2. The van der Waals surface area contributed by atoms with Crippen LogP contribution < -0.4 is 5.32 Å². The molecule has 0 radical (unpaired) electrons. The zero-order valence-electron chi connectivity index (χ0n) is 15.0. The van der Waals surface area contributed by atoms with Gasteiger partial charge in [0.25, 0.3) is 0 Å². The van der Waals surface area contributed by atoms with Crippen LogP contribution >= 0.6 is 0 Å². The molecule has 25 heavy (non-hydrogen) atoms. The molecule has 130 valence electrons. The average molecular weight is 335 g/mol. The van der Waals surface area contributed by atoms with Gasteiger partial charge in [-0.05, 0) is 42.7 Å². The number of benzene rings is 1. The third kappa shape index (κ3) is 2.76. The van der Waals surface area contributed by atoms with Crippen LogP contribution in [0.5, 0.6) is 0 Å². The van der Waals surface area contributed by atoms with Crippen molar-refractivity contribution in [3.05, 3.63) is 57.9 Å². The van der Waals surface area contributed by atoms with Crippen LogP contribution in [0.25, 0.3) is 0 Å². The molecule has 3 heteroatoms. The maximum Gasteiger partial charge on any atom is 0.161 e. The zero-order chi connectivity index (χ0) is 17.6. The fourth-order valence-electron chi connectivity index (χ4n) is 4.39. The summed E-state index contributed by atoms with van der Waals surface area (Å²) in [6, 6.07) is 8.51. The Labute approximate surface area is 149 Å². The van der Waals surface area contributed by atoms with Crippen molar-refractivity contribution < 1.29 is 9.59 Å². The average Bonchev–Trinajstić information content (AvgIpc) is 2.60. The molecule has 3 nitrogen and oxygen atoms in total. The molecule has 2 aliphatic carbocycles. The Hall–Kier alpha value is -2.16. The Kier molecular flexibility index (Phi) is 4.10. The summed E-state index contributed by atoms with van der Waals surface area (Å²) < 4.78 is 0. The van der Waals surface area contributed by atoms with E-state index in [-0.39, 0.29) is 17.5 Å². The van der Waals surface area contributed by atoms with Crippen LogP contribution in [0.1, 0.15) is 75.3 Å². The first-order valence-corrected chi connectivity index (χ1v) is 9.45. The lowest BCUT2D eigenvalue weighted by atomic mass is 9.71. The fourth-order valence-corrected chi connectivity index (χ4v) is 4.39. The van der Waals surface area contributed by atoms with Crippen molar-refractivity contribution in [1.29, 1.82) is 0 Å². The number of Topliss-reactive ketones (excluding diaryl/α,β-unsaturated/α-hetero) is 2. The molecule has 3 aliphatic rings. The Morgan fingerprint density at radius 3 is 1.84 bits per heavy atom. The lowest BCUT2D eigenvalue weighted by Gasteiger charge is -2.37. The standard InChI is InChI=1S/C22H25NO2/c1-13(2)14-9-11-15(12-10-14)20-21-16(5-3-7-18(21)24)23-17-6-4-8-19(25)22(17)20/h9-13,20,23H,3-8H2,1-2H3. The van der Waals surface area contributed by atoms with Crippen molar-refractivity contribution in [3.63, 3.8) is 0 Å². The maximum atomic E-state index is 12.7. The second-order valence-electron chi connectivity index (χ2n) is 7.72. The number of rotatable bonds is 2. The third-order valence-corrected chi connectivity index (χ3v) is 5.73. The highest BCUT2D eigenvalue weighted by Gasteiger charge is 2.39. The monoisotopic (exact) mass is 335 g/mol. The van der Waals surface area contributed by atoms with E-state index in [9.17, 15) is 9.59 Å². The fraction of sp³-hybridized carbons (Fsp3) is 0.455. The molecule has 0 aromatic heterocycles. The molecule has 0 unspecified atom stereocenters. The molecule has 1 aromatic carbocycles. The summed E-state index contributed by atoms with van der Waals surface area (Å²) in [7, 11) is 0. The van der Waals surface area contributed by atoms with Gasteiger partial charge in [0.15, 0.2) is 11.6 Å². The molecule has 0 spiro atoms. The summed E-state index contributed by atoms with van der Waals surface area (Å²) >= 11 is 0. The molecular formula is C22H25NO2. The minimum absolute atomic E-state index is 0.173. The minimum atomic E-state index is -0.173. The first-order chi connectivity index (χ1) is 12.1. The number of carbonyl (C=O) groups excluding carboxylic acids is 2. The van der Waals surface area contributed by atoms with Crippen LogP contribution in [0.2, 0.25) is 0 Å². The molecule has 1 aliphatic heterocycles. The summed E-state index contributed by atoms with van der Waals surface area (Å²) in [5, 5.41) is 3.47. The number of carbonyl (C=O) groups is 2. The van der Waals surface area contributed by atoms with Gasteiger partial charge in [-0.1, -0.05) is 38.1 Å². The van der Waals surface area contributed by atoms with E-state index in [0.717, 1.165) is 53.8 Å². The van der Waals surface area contributed by atoms with E-state index >= 15 is 0 Å². The lowest BCUT2D eigenvalue weighted by molar-refractivity contribution is -0.116. The van der Waals surface area contributed by atoms with E-state index in [0.29, 0.717) is 18.8 Å².